The average molecular weight is 499 g/mol. The number of rotatable bonds is 10. The third-order valence-corrected chi connectivity index (χ3v) is 7.99. The zero-order valence-corrected chi connectivity index (χ0v) is 22.5. The Labute approximate surface area is 215 Å². The van der Waals surface area contributed by atoms with Gasteiger partial charge < -0.3 is 20.1 Å². The molecular weight excluding hydrogens is 456 g/mol. The molecule has 2 N–H and O–H groups in total. The first kappa shape index (κ1) is 27.9. The van der Waals surface area contributed by atoms with Gasteiger partial charge in [0.1, 0.15) is 6.04 Å². The number of nitrogens with one attached hydrogen (secondary N) is 1. The monoisotopic (exact) mass is 498 g/mol. The number of anilines is 1. The first-order valence-electron chi connectivity index (χ1n) is 13.4. The van der Waals surface area contributed by atoms with Gasteiger partial charge in [-0.1, -0.05) is 57.9 Å². The minimum Gasteiger partial charge on any atom is -0.466 e. The third-order valence-electron chi connectivity index (χ3n) is 7.99. The van der Waals surface area contributed by atoms with Crippen molar-refractivity contribution in [3.8, 4) is 0 Å². The Bertz CT molecular complexity index is 990. The van der Waals surface area contributed by atoms with Crippen molar-refractivity contribution in [3.05, 3.63) is 41.5 Å². The number of allylic oxidation sites excluding steroid dienone is 1. The van der Waals surface area contributed by atoms with E-state index in [1.165, 1.54) is 0 Å². The Kier molecular flexibility index (Phi) is 9.34. The van der Waals surface area contributed by atoms with Gasteiger partial charge in [-0.2, -0.15) is 0 Å². The number of aryl methyl sites for hydroxylation is 2. The van der Waals surface area contributed by atoms with Crippen molar-refractivity contribution < 1.29 is 24.2 Å². The second-order valence-electron chi connectivity index (χ2n) is 10.4. The molecule has 0 aromatic heterocycles. The minimum absolute atomic E-state index is 0.0217. The van der Waals surface area contributed by atoms with Crippen LogP contribution in [0.2, 0.25) is 0 Å². The van der Waals surface area contributed by atoms with Crippen LogP contribution in [0.15, 0.2) is 30.4 Å². The van der Waals surface area contributed by atoms with Gasteiger partial charge in [0.05, 0.1) is 31.1 Å². The number of ether oxygens (including phenoxy) is 1. The van der Waals surface area contributed by atoms with E-state index in [2.05, 4.69) is 12.2 Å². The maximum absolute atomic E-state index is 14.1. The molecule has 0 bridgehead atoms. The number of benzene rings is 1. The van der Waals surface area contributed by atoms with Crippen molar-refractivity contribution in [1.82, 2.24) is 4.90 Å². The highest BCUT2D eigenvalue weighted by Crippen LogP contribution is 2.47. The zero-order valence-electron chi connectivity index (χ0n) is 22.5. The molecule has 1 heterocycles. The zero-order chi connectivity index (χ0) is 26.6. The number of hydrogen-bond donors (Lipinski definition) is 2. The molecule has 1 aliphatic heterocycles. The van der Waals surface area contributed by atoms with E-state index < -0.39 is 29.8 Å². The summed E-state index contributed by atoms with van der Waals surface area (Å²) in [6.07, 6.45) is 6.31. The number of carbonyl (C=O) groups excluding carboxylic acids is 3. The molecule has 1 aliphatic carbocycles. The molecule has 198 valence electrons. The standard InChI is InChI=1S/C29H42N2O5/c1-7-10-20-13-14-21-25(24(20)29(35)36-9-3)28(34)31(23(16-32)18(5)8-2)26(21)27(33)30-22-15-17(4)11-12-19(22)6/h11-15,18,20-21,23-26,32H,7-10,16H2,1-6H3,(H,30,33)/t18-,20+,21-,23-,24+,25+,26-/m0/s1. The summed E-state index contributed by atoms with van der Waals surface area (Å²) in [7, 11) is 0. The Morgan fingerprint density at radius 3 is 2.50 bits per heavy atom. The third kappa shape index (κ3) is 5.36. The summed E-state index contributed by atoms with van der Waals surface area (Å²) in [6.45, 7) is 11.7. The molecule has 0 saturated carbocycles. The highest BCUT2D eigenvalue weighted by molar-refractivity contribution is 6.02. The van der Waals surface area contributed by atoms with Gasteiger partial charge in [0.25, 0.3) is 0 Å². The van der Waals surface area contributed by atoms with Gasteiger partial charge >= 0.3 is 5.97 Å². The summed E-state index contributed by atoms with van der Waals surface area (Å²) >= 11 is 0. The van der Waals surface area contributed by atoms with Gasteiger partial charge in [0, 0.05) is 11.6 Å². The molecule has 1 saturated heterocycles. The number of fused-ring (bicyclic) bond motifs is 1. The van der Waals surface area contributed by atoms with Crippen LogP contribution in [-0.2, 0) is 19.1 Å². The Morgan fingerprint density at radius 1 is 1.17 bits per heavy atom. The Hall–Kier alpha value is -2.67. The molecule has 0 unspecified atom stereocenters. The van der Waals surface area contributed by atoms with E-state index in [4.69, 9.17) is 4.74 Å². The van der Waals surface area contributed by atoms with E-state index in [0.717, 1.165) is 30.4 Å². The Morgan fingerprint density at radius 2 is 1.89 bits per heavy atom. The van der Waals surface area contributed by atoms with E-state index in [9.17, 15) is 19.5 Å². The fraction of sp³-hybridized carbons (Fsp3) is 0.621. The van der Waals surface area contributed by atoms with Crippen molar-refractivity contribution in [1.29, 1.82) is 0 Å². The van der Waals surface area contributed by atoms with Crippen molar-refractivity contribution in [2.24, 2.45) is 29.6 Å². The van der Waals surface area contributed by atoms with Gasteiger partial charge in [-0.25, -0.2) is 0 Å². The van der Waals surface area contributed by atoms with E-state index in [-0.39, 0.29) is 42.8 Å². The van der Waals surface area contributed by atoms with Crippen molar-refractivity contribution in [2.45, 2.75) is 72.9 Å². The summed E-state index contributed by atoms with van der Waals surface area (Å²) in [5, 5.41) is 13.4. The van der Waals surface area contributed by atoms with E-state index >= 15 is 0 Å². The number of esters is 1. The van der Waals surface area contributed by atoms with Gasteiger partial charge in [-0.05, 0) is 56.2 Å². The van der Waals surface area contributed by atoms with Crippen LogP contribution >= 0.6 is 0 Å². The SMILES string of the molecule is CCC[C@@H]1C=C[C@H]2[C@@H](C(=O)N([C@@H](CO)[C@@H](C)CC)[C@@H]2C(=O)Nc2cc(C)ccc2C)[C@@H]1C(=O)OCC. The summed E-state index contributed by atoms with van der Waals surface area (Å²) in [5.74, 6) is -2.91. The predicted octanol–water partition coefficient (Wildman–Crippen LogP) is 4.26. The lowest BCUT2D eigenvalue weighted by molar-refractivity contribution is -0.156. The van der Waals surface area contributed by atoms with Crippen molar-refractivity contribution in [3.63, 3.8) is 0 Å². The van der Waals surface area contributed by atoms with Gasteiger partial charge in [-0.3, -0.25) is 14.4 Å². The lowest BCUT2D eigenvalue weighted by atomic mass is 9.69. The maximum Gasteiger partial charge on any atom is 0.310 e. The van der Waals surface area contributed by atoms with Gasteiger partial charge in [-0.15, -0.1) is 0 Å². The predicted molar refractivity (Wildman–Crippen MR) is 140 cm³/mol. The molecule has 1 aromatic carbocycles. The van der Waals surface area contributed by atoms with Crippen LogP contribution in [0.5, 0.6) is 0 Å². The van der Waals surface area contributed by atoms with E-state index in [0.29, 0.717) is 5.69 Å². The lowest BCUT2D eigenvalue weighted by Gasteiger charge is -2.36. The fourth-order valence-electron chi connectivity index (χ4n) is 5.86. The van der Waals surface area contributed by atoms with Crippen LogP contribution in [-0.4, -0.2) is 53.1 Å². The van der Waals surface area contributed by atoms with Gasteiger partial charge in [0.2, 0.25) is 11.8 Å². The van der Waals surface area contributed by atoms with Crippen molar-refractivity contribution in [2.75, 3.05) is 18.5 Å². The van der Waals surface area contributed by atoms with Crippen LogP contribution in [0.3, 0.4) is 0 Å². The van der Waals surface area contributed by atoms with Crippen LogP contribution in [0.25, 0.3) is 0 Å². The van der Waals surface area contributed by atoms with Crippen LogP contribution in [0.1, 0.15) is 58.1 Å². The number of aliphatic hydroxyl groups is 1. The smallest absolute Gasteiger partial charge is 0.310 e. The average Bonchev–Trinajstić information content (AvgIpc) is 3.14. The second-order valence-corrected chi connectivity index (χ2v) is 10.4. The fourth-order valence-corrected chi connectivity index (χ4v) is 5.86. The molecule has 7 heteroatoms. The Balaban J connectivity index is 2.09. The molecule has 1 aromatic rings. The molecule has 0 spiro atoms. The highest BCUT2D eigenvalue weighted by atomic mass is 16.5. The van der Waals surface area contributed by atoms with Gasteiger partial charge in [0.15, 0.2) is 0 Å². The second kappa shape index (κ2) is 12.0. The number of hydrogen-bond acceptors (Lipinski definition) is 5. The number of nitrogens with zero attached hydrogens (tertiary/aromatic N) is 1. The molecule has 2 aliphatic rings. The largest absolute Gasteiger partial charge is 0.466 e. The lowest BCUT2D eigenvalue weighted by Crippen LogP contribution is -2.52. The number of amides is 2. The summed E-state index contributed by atoms with van der Waals surface area (Å²) in [5.41, 5.74) is 2.64. The van der Waals surface area contributed by atoms with Crippen LogP contribution < -0.4 is 5.32 Å². The van der Waals surface area contributed by atoms with Crippen molar-refractivity contribution >= 4 is 23.5 Å². The molecule has 7 nitrogen and oxygen atoms in total. The number of carbonyl (C=O) groups is 3. The molecule has 7 atom stereocenters. The minimum atomic E-state index is -0.829. The van der Waals surface area contributed by atoms with E-state index in [1.807, 2.05) is 58.0 Å². The quantitative estimate of drug-likeness (QED) is 0.371. The molecule has 3 rings (SSSR count). The number of likely N-dealkylation sites (tertiary alicyclic amines) is 1. The molecule has 1 fully saturated rings. The topological polar surface area (TPSA) is 95.9 Å². The normalized spacial score (nSPS) is 26.9. The summed E-state index contributed by atoms with van der Waals surface area (Å²) in [4.78, 5) is 42.8. The highest BCUT2D eigenvalue weighted by Gasteiger charge is 2.59. The van der Waals surface area contributed by atoms with Crippen LogP contribution in [0.4, 0.5) is 5.69 Å². The summed E-state index contributed by atoms with van der Waals surface area (Å²) in [6, 6.07) is 4.50. The molecule has 2 amide bonds. The molecule has 36 heavy (non-hydrogen) atoms. The first-order chi connectivity index (χ1) is 17.2. The maximum atomic E-state index is 14.1. The molecular formula is C29H42N2O5. The molecule has 0 radical (unpaired) electrons. The van der Waals surface area contributed by atoms with Crippen LogP contribution in [0, 0.1) is 43.4 Å². The van der Waals surface area contributed by atoms with E-state index in [1.54, 1.807) is 11.8 Å². The summed E-state index contributed by atoms with van der Waals surface area (Å²) < 4.78 is 5.43. The first-order valence-corrected chi connectivity index (χ1v) is 13.4. The number of aliphatic hydroxyl groups excluding tert-OH is 1.